The largest absolute Gasteiger partial charge is 0.493 e. The molecule has 0 saturated carbocycles. The van der Waals surface area contributed by atoms with Crippen molar-refractivity contribution in [3.8, 4) is 5.75 Å². The van der Waals surface area contributed by atoms with Gasteiger partial charge in [-0.1, -0.05) is 24.3 Å². The van der Waals surface area contributed by atoms with Gasteiger partial charge in [0.05, 0.1) is 13.0 Å². The Labute approximate surface area is 126 Å². The standard InChI is InChI=1S/C16H15FO3S/c17-14-3-1-2-4-15(14)21-10-9-20-13-7-5-12(6-8-13)11-16(18)19/h1-8H,9-11H2,(H,18,19). The molecule has 110 valence electrons. The number of carboxylic acid groups (broad SMARTS) is 1. The predicted octanol–water partition coefficient (Wildman–Crippen LogP) is 3.62. The van der Waals surface area contributed by atoms with Crippen molar-refractivity contribution in [2.45, 2.75) is 11.3 Å². The van der Waals surface area contributed by atoms with Crippen LogP contribution in [0.15, 0.2) is 53.4 Å². The highest BCUT2D eigenvalue weighted by atomic mass is 32.2. The molecule has 21 heavy (non-hydrogen) atoms. The summed E-state index contributed by atoms with van der Waals surface area (Å²) in [7, 11) is 0. The second kappa shape index (κ2) is 7.69. The molecule has 0 aliphatic rings. The molecule has 0 heterocycles. The number of rotatable bonds is 7. The van der Waals surface area contributed by atoms with Crippen LogP contribution in [0.1, 0.15) is 5.56 Å². The quantitative estimate of drug-likeness (QED) is 0.627. The molecule has 2 aromatic carbocycles. The van der Waals surface area contributed by atoms with Crippen LogP contribution >= 0.6 is 11.8 Å². The van der Waals surface area contributed by atoms with E-state index in [1.165, 1.54) is 17.8 Å². The lowest BCUT2D eigenvalue weighted by molar-refractivity contribution is -0.136. The van der Waals surface area contributed by atoms with E-state index in [0.717, 1.165) is 5.56 Å². The van der Waals surface area contributed by atoms with Crippen LogP contribution in [-0.2, 0) is 11.2 Å². The molecule has 0 aliphatic heterocycles. The topological polar surface area (TPSA) is 46.5 Å². The minimum Gasteiger partial charge on any atom is -0.493 e. The molecule has 3 nitrogen and oxygen atoms in total. The number of hydrogen-bond donors (Lipinski definition) is 1. The normalized spacial score (nSPS) is 10.3. The van der Waals surface area contributed by atoms with Gasteiger partial charge in [0, 0.05) is 10.6 Å². The molecular weight excluding hydrogens is 291 g/mol. The van der Waals surface area contributed by atoms with E-state index >= 15 is 0 Å². The van der Waals surface area contributed by atoms with Gasteiger partial charge in [0.2, 0.25) is 0 Å². The number of carbonyl (C=O) groups is 1. The minimum absolute atomic E-state index is 0.00339. The first kappa shape index (κ1) is 15.4. The first-order valence-corrected chi connectivity index (χ1v) is 7.44. The maximum Gasteiger partial charge on any atom is 0.307 e. The lowest BCUT2D eigenvalue weighted by atomic mass is 10.1. The van der Waals surface area contributed by atoms with Crippen molar-refractivity contribution in [1.82, 2.24) is 0 Å². The summed E-state index contributed by atoms with van der Waals surface area (Å²) in [6.45, 7) is 0.456. The van der Waals surface area contributed by atoms with Crippen LogP contribution in [0.5, 0.6) is 5.75 Å². The summed E-state index contributed by atoms with van der Waals surface area (Å²) >= 11 is 1.40. The highest BCUT2D eigenvalue weighted by Gasteiger charge is 2.02. The Bertz CT molecular complexity index is 599. The van der Waals surface area contributed by atoms with Gasteiger partial charge in [-0.05, 0) is 29.8 Å². The van der Waals surface area contributed by atoms with E-state index < -0.39 is 5.97 Å². The van der Waals surface area contributed by atoms with E-state index in [0.29, 0.717) is 23.0 Å². The first-order chi connectivity index (χ1) is 10.1. The molecule has 2 aromatic rings. The lowest BCUT2D eigenvalue weighted by Crippen LogP contribution is -2.02. The van der Waals surface area contributed by atoms with Crippen molar-refractivity contribution >= 4 is 17.7 Å². The summed E-state index contributed by atoms with van der Waals surface area (Å²) in [5.41, 5.74) is 0.732. The molecule has 0 atom stereocenters. The fourth-order valence-corrected chi connectivity index (χ4v) is 2.52. The highest BCUT2D eigenvalue weighted by molar-refractivity contribution is 7.99. The number of aliphatic carboxylic acids is 1. The lowest BCUT2D eigenvalue weighted by Gasteiger charge is -2.07. The van der Waals surface area contributed by atoms with Crippen molar-refractivity contribution in [3.63, 3.8) is 0 Å². The van der Waals surface area contributed by atoms with Gasteiger partial charge in [0.15, 0.2) is 0 Å². The van der Waals surface area contributed by atoms with Crippen LogP contribution < -0.4 is 4.74 Å². The molecule has 5 heteroatoms. The number of carboxylic acids is 1. The summed E-state index contributed by atoms with van der Waals surface area (Å²) in [5, 5.41) is 8.68. The Morgan fingerprint density at radius 3 is 2.52 bits per heavy atom. The zero-order valence-electron chi connectivity index (χ0n) is 11.3. The summed E-state index contributed by atoms with van der Waals surface area (Å²) in [6.07, 6.45) is 0.00339. The van der Waals surface area contributed by atoms with E-state index in [1.807, 2.05) is 0 Å². The maximum atomic E-state index is 13.4. The van der Waals surface area contributed by atoms with Crippen molar-refractivity contribution in [2.24, 2.45) is 0 Å². The van der Waals surface area contributed by atoms with Crippen LogP contribution in [-0.4, -0.2) is 23.4 Å². The Hall–Kier alpha value is -2.01. The Balaban J connectivity index is 1.76. The number of ether oxygens (including phenoxy) is 1. The van der Waals surface area contributed by atoms with Crippen molar-refractivity contribution in [1.29, 1.82) is 0 Å². The fraction of sp³-hybridized carbons (Fsp3) is 0.188. The average Bonchev–Trinajstić information content (AvgIpc) is 2.46. The first-order valence-electron chi connectivity index (χ1n) is 6.46. The summed E-state index contributed by atoms with van der Waals surface area (Å²) in [6, 6.07) is 13.6. The summed E-state index contributed by atoms with van der Waals surface area (Å²) < 4.78 is 18.9. The van der Waals surface area contributed by atoms with Gasteiger partial charge in [0.25, 0.3) is 0 Å². The third-order valence-corrected chi connectivity index (χ3v) is 3.74. The molecular formula is C16H15FO3S. The van der Waals surface area contributed by atoms with Gasteiger partial charge in [-0.2, -0.15) is 0 Å². The highest BCUT2D eigenvalue weighted by Crippen LogP contribution is 2.21. The van der Waals surface area contributed by atoms with Gasteiger partial charge >= 0.3 is 5.97 Å². The smallest absolute Gasteiger partial charge is 0.307 e. The number of thioether (sulfide) groups is 1. The Kier molecular flexibility index (Phi) is 5.63. The van der Waals surface area contributed by atoms with Gasteiger partial charge < -0.3 is 9.84 Å². The molecule has 0 spiro atoms. The number of benzene rings is 2. The molecule has 0 bridgehead atoms. The summed E-state index contributed by atoms with van der Waals surface area (Å²) in [4.78, 5) is 11.2. The number of halogens is 1. The van der Waals surface area contributed by atoms with Crippen LogP contribution in [0.3, 0.4) is 0 Å². The van der Waals surface area contributed by atoms with Gasteiger partial charge in [0.1, 0.15) is 11.6 Å². The van der Waals surface area contributed by atoms with Crippen LogP contribution in [0.25, 0.3) is 0 Å². The number of hydrogen-bond acceptors (Lipinski definition) is 3. The van der Waals surface area contributed by atoms with Crippen LogP contribution in [0, 0.1) is 5.82 Å². The van der Waals surface area contributed by atoms with Crippen molar-refractivity contribution < 1.29 is 19.0 Å². The van der Waals surface area contributed by atoms with Crippen LogP contribution in [0.4, 0.5) is 4.39 Å². The molecule has 0 radical (unpaired) electrons. The predicted molar refractivity (Wildman–Crippen MR) is 80.4 cm³/mol. The van der Waals surface area contributed by atoms with E-state index in [-0.39, 0.29) is 12.2 Å². The zero-order chi connectivity index (χ0) is 15.1. The molecule has 0 aliphatic carbocycles. The second-order valence-electron chi connectivity index (χ2n) is 4.34. The van der Waals surface area contributed by atoms with Crippen molar-refractivity contribution in [2.75, 3.05) is 12.4 Å². The molecule has 0 amide bonds. The van der Waals surface area contributed by atoms with E-state index in [2.05, 4.69) is 0 Å². The third-order valence-electron chi connectivity index (χ3n) is 2.72. The second-order valence-corrected chi connectivity index (χ2v) is 5.48. The van der Waals surface area contributed by atoms with Gasteiger partial charge in [-0.3, -0.25) is 4.79 Å². The minimum atomic E-state index is -0.857. The van der Waals surface area contributed by atoms with Gasteiger partial charge in [-0.15, -0.1) is 11.8 Å². The zero-order valence-corrected chi connectivity index (χ0v) is 12.1. The Morgan fingerprint density at radius 1 is 1.14 bits per heavy atom. The maximum absolute atomic E-state index is 13.4. The molecule has 0 unspecified atom stereocenters. The molecule has 1 N–H and O–H groups in total. The van der Waals surface area contributed by atoms with E-state index in [9.17, 15) is 9.18 Å². The van der Waals surface area contributed by atoms with Crippen molar-refractivity contribution in [3.05, 3.63) is 59.9 Å². The average molecular weight is 306 g/mol. The molecule has 2 rings (SSSR count). The fourth-order valence-electron chi connectivity index (χ4n) is 1.75. The SMILES string of the molecule is O=C(O)Cc1ccc(OCCSc2ccccc2F)cc1. The third kappa shape index (κ3) is 5.11. The van der Waals surface area contributed by atoms with E-state index in [4.69, 9.17) is 9.84 Å². The van der Waals surface area contributed by atoms with Crippen LogP contribution in [0.2, 0.25) is 0 Å². The molecule has 0 aromatic heterocycles. The monoisotopic (exact) mass is 306 g/mol. The Morgan fingerprint density at radius 2 is 1.86 bits per heavy atom. The molecule has 0 saturated heterocycles. The van der Waals surface area contributed by atoms with E-state index in [1.54, 1.807) is 42.5 Å². The van der Waals surface area contributed by atoms with Gasteiger partial charge in [-0.25, -0.2) is 4.39 Å². The molecule has 0 fully saturated rings. The summed E-state index contributed by atoms with van der Waals surface area (Å²) in [5.74, 6) is 0.237.